The van der Waals surface area contributed by atoms with E-state index in [4.69, 9.17) is 0 Å². The van der Waals surface area contributed by atoms with E-state index in [-0.39, 0.29) is 5.41 Å². The van der Waals surface area contributed by atoms with Crippen molar-refractivity contribution in [1.29, 1.82) is 0 Å². The van der Waals surface area contributed by atoms with Crippen molar-refractivity contribution in [1.82, 2.24) is 0 Å². The van der Waals surface area contributed by atoms with E-state index in [9.17, 15) is 0 Å². The summed E-state index contributed by atoms with van der Waals surface area (Å²) in [5.41, 5.74) is 8.56. The van der Waals surface area contributed by atoms with Gasteiger partial charge in [0.05, 0.1) is 0 Å². The van der Waals surface area contributed by atoms with Crippen molar-refractivity contribution in [2.24, 2.45) is 0 Å². The van der Waals surface area contributed by atoms with E-state index in [1.54, 1.807) is 0 Å². The minimum atomic E-state index is 0.0907. The SMILES string of the molecule is CCC1(CC)c2ccccc2-c2ccc(-c3sc(-c4cccc5ccccc45)c4ccccc34)cc21. The van der Waals surface area contributed by atoms with Crippen LogP contribution in [0.5, 0.6) is 0 Å². The van der Waals surface area contributed by atoms with Crippen molar-refractivity contribution >= 4 is 32.9 Å². The van der Waals surface area contributed by atoms with Crippen LogP contribution in [0.3, 0.4) is 0 Å². The van der Waals surface area contributed by atoms with E-state index in [1.807, 2.05) is 11.3 Å². The van der Waals surface area contributed by atoms with Crippen LogP contribution >= 0.6 is 11.3 Å². The number of hydrogen-bond donors (Lipinski definition) is 0. The van der Waals surface area contributed by atoms with Crippen LogP contribution in [0.25, 0.3) is 53.6 Å². The number of benzene rings is 5. The normalized spacial score (nSPS) is 13.7. The van der Waals surface area contributed by atoms with Crippen molar-refractivity contribution in [2.75, 3.05) is 0 Å². The molecule has 0 fully saturated rings. The summed E-state index contributed by atoms with van der Waals surface area (Å²) in [5.74, 6) is 0. The molecule has 36 heavy (non-hydrogen) atoms. The van der Waals surface area contributed by atoms with Crippen LogP contribution in [0.15, 0.2) is 109 Å². The molecule has 1 aliphatic carbocycles. The summed E-state index contributed by atoms with van der Waals surface area (Å²) >= 11 is 1.94. The maximum Gasteiger partial charge on any atom is 0.0434 e. The van der Waals surface area contributed by atoms with Gasteiger partial charge in [0.2, 0.25) is 0 Å². The van der Waals surface area contributed by atoms with Crippen LogP contribution in [0.4, 0.5) is 0 Å². The highest BCUT2D eigenvalue weighted by Crippen LogP contribution is 2.54. The van der Waals surface area contributed by atoms with E-state index >= 15 is 0 Å². The molecule has 0 N–H and O–H groups in total. The standard InChI is InChI=1S/C35H28S/c1-3-35(4-2)31-19-10-9-15-26(31)27-21-20-24(22-32(27)35)33-29-16-7-8-17-30(29)34(36-33)28-18-11-13-23-12-5-6-14-25(23)28/h5-22H,3-4H2,1-2H3. The maximum atomic E-state index is 2.51. The lowest BCUT2D eigenvalue weighted by atomic mass is 9.73. The molecule has 0 saturated heterocycles. The zero-order valence-electron chi connectivity index (χ0n) is 20.7. The van der Waals surface area contributed by atoms with E-state index in [0.29, 0.717) is 0 Å². The highest BCUT2D eigenvalue weighted by molar-refractivity contribution is 7.21. The zero-order valence-corrected chi connectivity index (χ0v) is 21.5. The van der Waals surface area contributed by atoms with Gasteiger partial charge in [0.15, 0.2) is 0 Å². The molecule has 0 unspecified atom stereocenters. The zero-order chi connectivity index (χ0) is 24.3. The van der Waals surface area contributed by atoms with E-state index < -0.39 is 0 Å². The molecule has 0 spiro atoms. The minimum absolute atomic E-state index is 0.0907. The van der Waals surface area contributed by atoms with Gasteiger partial charge in [-0.2, -0.15) is 0 Å². The Morgan fingerprint density at radius 3 is 1.94 bits per heavy atom. The Balaban J connectivity index is 1.47. The monoisotopic (exact) mass is 480 g/mol. The molecule has 1 heterocycles. The summed E-state index contributed by atoms with van der Waals surface area (Å²) < 4.78 is 0. The number of thiophene rings is 1. The summed E-state index contributed by atoms with van der Waals surface area (Å²) in [4.78, 5) is 2.73. The van der Waals surface area contributed by atoms with Crippen LogP contribution in [0, 0.1) is 0 Å². The van der Waals surface area contributed by atoms with Crippen LogP contribution in [-0.4, -0.2) is 0 Å². The van der Waals surface area contributed by atoms with E-state index in [0.717, 1.165) is 12.8 Å². The van der Waals surface area contributed by atoms with Crippen molar-refractivity contribution in [3.63, 3.8) is 0 Å². The molecule has 7 rings (SSSR count). The van der Waals surface area contributed by atoms with Gasteiger partial charge in [0, 0.05) is 31.5 Å². The Hall–Kier alpha value is -3.68. The molecule has 1 aromatic heterocycles. The molecule has 5 aromatic carbocycles. The lowest BCUT2D eigenvalue weighted by Crippen LogP contribution is -2.23. The average molecular weight is 481 g/mol. The molecule has 0 saturated carbocycles. The first kappa shape index (κ1) is 21.6. The van der Waals surface area contributed by atoms with Gasteiger partial charge in [-0.25, -0.2) is 0 Å². The molecule has 0 amide bonds. The molecular formula is C35H28S. The highest BCUT2D eigenvalue weighted by Gasteiger charge is 2.40. The Morgan fingerprint density at radius 2 is 1.14 bits per heavy atom. The van der Waals surface area contributed by atoms with Crippen LogP contribution in [-0.2, 0) is 5.41 Å². The van der Waals surface area contributed by atoms with Gasteiger partial charge < -0.3 is 0 Å². The number of hydrogen-bond acceptors (Lipinski definition) is 1. The summed E-state index contributed by atoms with van der Waals surface area (Å²) in [7, 11) is 0. The van der Waals surface area contributed by atoms with Gasteiger partial charge in [-0.05, 0) is 57.5 Å². The first-order chi connectivity index (χ1) is 17.7. The molecule has 0 aliphatic heterocycles. The first-order valence-corrected chi connectivity index (χ1v) is 13.8. The molecule has 6 aromatic rings. The third-order valence-corrected chi connectivity index (χ3v) is 9.70. The molecule has 0 radical (unpaired) electrons. The topological polar surface area (TPSA) is 0 Å². The average Bonchev–Trinajstić information content (AvgIpc) is 3.46. The van der Waals surface area contributed by atoms with Crippen LogP contribution < -0.4 is 0 Å². The van der Waals surface area contributed by atoms with Gasteiger partial charge in [0.1, 0.15) is 0 Å². The number of rotatable bonds is 4. The predicted molar refractivity (Wildman–Crippen MR) is 157 cm³/mol. The molecule has 0 atom stereocenters. The first-order valence-electron chi connectivity index (χ1n) is 13.0. The quantitative estimate of drug-likeness (QED) is 0.235. The third kappa shape index (κ3) is 2.93. The van der Waals surface area contributed by atoms with Gasteiger partial charge in [0.25, 0.3) is 0 Å². The fourth-order valence-electron chi connectivity index (χ4n) is 6.54. The fraction of sp³-hybridized carbons (Fsp3) is 0.143. The van der Waals surface area contributed by atoms with Crippen LogP contribution in [0.1, 0.15) is 37.8 Å². The van der Waals surface area contributed by atoms with Crippen LogP contribution in [0.2, 0.25) is 0 Å². The second-order valence-electron chi connectivity index (χ2n) is 9.93. The maximum absolute atomic E-state index is 2.51. The summed E-state index contributed by atoms with van der Waals surface area (Å²) in [5, 5.41) is 5.30. The van der Waals surface area contributed by atoms with Gasteiger partial charge in [-0.3, -0.25) is 0 Å². The van der Waals surface area contributed by atoms with E-state index in [1.165, 1.54) is 64.7 Å². The Morgan fingerprint density at radius 1 is 0.528 bits per heavy atom. The predicted octanol–water partition coefficient (Wildman–Crippen LogP) is 10.5. The molecule has 0 nitrogen and oxygen atoms in total. The van der Waals surface area contributed by atoms with Crippen molar-refractivity contribution in [2.45, 2.75) is 32.1 Å². The van der Waals surface area contributed by atoms with E-state index in [2.05, 4.69) is 123 Å². The summed E-state index contributed by atoms with van der Waals surface area (Å²) in [6.07, 6.45) is 2.23. The largest absolute Gasteiger partial charge is 0.134 e. The smallest absolute Gasteiger partial charge is 0.0434 e. The highest BCUT2D eigenvalue weighted by atomic mass is 32.1. The summed E-state index contributed by atoms with van der Waals surface area (Å²) in [6, 6.07) is 40.6. The second-order valence-corrected chi connectivity index (χ2v) is 10.9. The number of fused-ring (bicyclic) bond motifs is 5. The third-order valence-electron chi connectivity index (χ3n) is 8.39. The second kappa shape index (κ2) is 8.18. The minimum Gasteiger partial charge on any atom is -0.134 e. The Kier molecular flexibility index (Phi) is 4.91. The molecule has 174 valence electrons. The fourth-order valence-corrected chi connectivity index (χ4v) is 7.85. The molecular weight excluding hydrogens is 452 g/mol. The molecule has 1 heteroatoms. The van der Waals surface area contributed by atoms with Gasteiger partial charge >= 0.3 is 0 Å². The van der Waals surface area contributed by atoms with Crippen molar-refractivity contribution in [3.05, 3.63) is 120 Å². The van der Waals surface area contributed by atoms with Gasteiger partial charge in [-0.15, -0.1) is 11.3 Å². The Labute approximate surface area is 216 Å². The molecule has 1 aliphatic rings. The summed E-state index contributed by atoms with van der Waals surface area (Å²) in [6.45, 7) is 4.70. The van der Waals surface area contributed by atoms with Crippen molar-refractivity contribution in [3.8, 4) is 32.0 Å². The van der Waals surface area contributed by atoms with Gasteiger partial charge in [-0.1, -0.05) is 117 Å². The lowest BCUT2D eigenvalue weighted by Gasteiger charge is -2.29. The lowest BCUT2D eigenvalue weighted by molar-refractivity contribution is 0.490. The van der Waals surface area contributed by atoms with Crippen molar-refractivity contribution < 1.29 is 0 Å². The Bertz CT molecular complexity index is 1760. The molecule has 0 bridgehead atoms.